The minimum Gasteiger partial charge on any atom is -0.505 e. The molecule has 1 heterocycles. The van der Waals surface area contributed by atoms with Crippen molar-refractivity contribution in [3.05, 3.63) is 155 Å². The molecule has 4 N–H and O–H groups in total. The molecule has 8 heteroatoms. The van der Waals surface area contributed by atoms with Crippen molar-refractivity contribution >= 4 is 44.7 Å². The van der Waals surface area contributed by atoms with Crippen molar-refractivity contribution in [1.29, 1.82) is 0 Å². The van der Waals surface area contributed by atoms with Gasteiger partial charge in [0.25, 0.3) is 11.8 Å². The molecule has 0 saturated carbocycles. The fourth-order valence-electron chi connectivity index (χ4n) is 7.13. The topological polar surface area (TPSA) is 117 Å². The second-order valence-electron chi connectivity index (χ2n) is 17.3. The van der Waals surface area contributed by atoms with Gasteiger partial charge in [0.05, 0.1) is 22.5 Å². The second kappa shape index (κ2) is 15.4. The van der Waals surface area contributed by atoms with E-state index in [0.717, 1.165) is 32.7 Å². The number of hydrogen-bond acceptors (Lipinski definition) is 6. The highest BCUT2D eigenvalue weighted by molar-refractivity contribution is 6.10. The molecule has 0 aromatic heterocycles. The fourth-order valence-corrected chi connectivity index (χ4v) is 7.13. The molecule has 1 aliphatic heterocycles. The Bertz CT molecular complexity index is 2460. The van der Waals surface area contributed by atoms with Crippen LogP contribution in [-0.4, -0.2) is 35.2 Å². The molecule has 0 atom stereocenters. The molecule has 58 heavy (non-hydrogen) atoms. The van der Waals surface area contributed by atoms with Gasteiger partial charge in [-0.05, 0) is 98.3 Å². The number of benzene rings is 6. The Morgan fingerprint density at radius 2 is 0.897 bits per heavy atom. The van der Waals surface area contributed by atoms with Crippen LogP contribution in [0.5, 0.6) is 23.0 Å². The molecule has 0 unspecified atom stereocenters. The number of amides is 2. The Balaban J connectivity index is 1.36. The van der Waals surface area contributed by atoms with Crippen LogP contribution < -0.4 is 20.1 Å². The number of phenolic OH excluding ortho intramolecular Hbond substituents is 2. The molecule has 6 aromatic carbocycles. The maximum Gasteiger partial charge on any atom is 0.259 e. The van der Waals surface area contributed by atoms with E-state index in [1.165, 1.54) is 0 Å². The number of allylic oxidation sites excluding steroid dienone is 1. The van der Waals surface area contributed by atoms with Crippen molar-refractivity contribution in [2.45, 2.75) is 65.2 Å². The smallest absolute Gasteiger partial charge is 0.259 e. The largest absolute Gasteiger partial charge is 0.505 e. The van der Waals surface area contributed by atoms with Crippen molar-refractivity contribution < 1.29 is 29.3 Å². The third-order valence-electron chi connectivity index (χ3n) is 10.5. The van der Waals surface area contributed by atoms with Crippen molar-refractivity contribution in [3.8, 4) is 23.0 Å². The molecule has 0 spiro atoms. The van der Waals surface area contributed by atoms with Gasteiger partial charge in [0, 0.05) is 11.1 Å². The maximum absolute atomic E-state index is 14.3. The van der Waals surface area contributed by atoms with E-state index in [0.29, 0.717) is 33.8 Å². The highest BCUT2D eigenvalue weighted by atomic mass is 16.5. The molecule has 7 rings (SSSR count). The first-order valence-corrected chi connectivity index (χ1v) is 19.4. The van der Waals surface area contributed by atoms with Gasteiger partial charge in [0.15, 0.2) is 0 Å². The van der Waals surface area contributed by atoms with Gasteiger partial charge in [-0.1, -0.05) is 121 Å². The summed E-state index contributed by atoms with van der Waals surface area (Å²) in [7, 11) is 0. The number of anilines is 2. The van der Waals surface area contributed by atoms with E-state index in [9.17, 15) is 19.8 Å². The van der Waals surface area contributed by atoms with Gasteiger partial charge in [0.1, 0.15) is 36.2 Å². The number of fused-ring (bicyclic) bond motifs is 8. The number of ether oxygens (including phenoxy) is 2. The zero-order valence-corrected chi connectivity index (χ0v) is 34.0. The quantitative estimate of drug-likeness (QED) is 0.0902. The normalized spacial score (nSPS) is 14.6. The molecule has 1 aliphatic rings. The Kier molecular flexibility index (Phi) is 10.6. The van der Waals surface area contributed by atoms with Crippen LogP contribution in [0.1, 0.15) is 84.5 Å². The van der Waals surface area contributed by atoms with Crippen LogP contribution >= 0.6 is 0 Å². The Labute approximate surface area is 339 Å². The van der Waals surface area contributed by atoms with Gasteiger partial charge < -0.3 is 30.3 Å². The molecule has 0 aliphatic carbocycles. The average molecular weight is 775 g/mol. The van der Waals surface area contributed by atoms with Crippen molar-refractivity contribution in [2.75, 3.05) is 23.8 Å². The molecular weight excluding hydrogens is 725 g/mol. The average Bonchev–Trinajstić information content (AvgIpc) is 3.17. The van der Waals surface area contributed by atoms with Gasteiger partial charge in [-0.3, -0.25) is 9.59 Å². The summed E-state index contributed by atoms with van der Waals surface area (Å²) < 4.78 is 12.6. The lowest BCUT2D eigenvalue weighted by Gasteiger charge is -2.24. The number of hydrogen-bond donors (Lipinski definition) is 4. The van der Waals surface area contributed by atoms with Crippen LogP contribution in [0.2, 0.25) is 0 Å². The van der Waals surface area contributed by atoms with E-state index >= 15 is 0 Å². The van der Waals surface area contributed by atoms with Crippen LogP contribution in [0.4, 0.5) is 11.4 Å². The summed E-state index contributed by atoms with van der Waals surface area (Å²) in [6, 6.07) is 30.0. The predicted molar refractivity (Wildman–Crippen MR) is 234 cm³/mol. The Hall–Kier alpha value is -6.54. The molecule has 0 saturated heterocycles. The lowest BCUT2D eigenvalue weighted by molar-refractivity contribution is 0.101. The van der Waals surface area contributed by atoms with Crippen LogP contribution in [0.3, 0.4) is 0 Å². The zero-order valence-electron chi connectivity index (χ0n) is 34.0. The van der Waals surface area contributed by atoms with E-state index < -0.39 is 11.8 Å². The molecule has 296 valence electrons. The lowest BCUT2D eigenvalue weighted by atomic mass is 9.83. The van der Waals surface area contributed by atoms with E-state index in [4.69, 9.17) is 9.47 Å². The third kappa shape index (κ3) is 8.42. The Morgan fingerprint density at radius 3 is 1.26 bits per heavy atom. The molecule has 2 amide bonds. The minimum atomic E-state index is -0.459. The van der Waals surface area contributed by atoms with Gasteiger partial charge in [-0.2, -0.15) is 0 Å². The summed E-state index contributed by atoms with van der Waals surface area (Å²) >= 11 is 0. The number of rotatable bonds is 0. The Morgan fingerprint density at radius 1 is 0.534 bits per heavy atom. The molecule has 0 radical (unpaired) electrons. The number of carbonyl (C=O) groups excluding carboxylic acids is 2. The first-order chi connectivity index (χ1) is 27.4. The summed E-state index contributed by atoms with van der Waals surface area (Å²) in [5, 5.41) is 32.9. The van der Waals surface area contributed by atoms with E-state index in [1.807, 2.05) is 72.8 Å². The maximum atomic E-state index is 14.3. The number of aromatic hydroxyl groups is 2. The van der Waals surface area contributed by atoms with Crippen LogP contribution in [0.25, 0.3) is 21.5 Å². The second-order valence-corrected chi connectivity index (χ2v) is 17.3. The first kappa shape index (κ1) is 39.7. The highest BCUT2D eigenvalue weighted by Gasteiger charge is 2.25. The number of phenols is 2. The van der Waals surface area contributed by atoms with Gasteiger partial charge >= 0.3 is 0 Å². The molecular formula is C50H50N2O6. The summed E-state index contributed by atoms with van der Waals surface area (Å²) in [4.78, 5) is 28.5. The summed E-state index contributed by atoms with van der Waals surface area (Å²) in [5.74, 6) is -0.407. The van der Waals surface area contributed by atoms with E-state index in [-0.39, 0.29) is 70.9 Å². The predicted octanol–water partition coefficient (Wildman–Crippen LogP) is 11.2. The summed E-state index contributed by atoms with van der Waals surface area (Å²) in [5.41, 5.74) is 4.63. The molecule has 8 nitrogen and oxygen atoms in total. The van der Waals surface area contributed by atoms with Gasteiger partial charge in [0.2, 0.25) is 0 Å². The zero-order chi connectivity index (χ0) is 41.5. The minimum absolute atomic E-state index is 0.0149. The number of carbonyl (C=O) groups is 2. The van der Waals surface area contributed by atoms with Gasteiger partial charge in [-0.25, -0.2) is 0 Å². The standard InChI is InChI=1S/C50H50N2O6/c1-29-17-35-19-37(49(3,4)5)25-41(45(35)53)51-47(55)39-21-31-13-9-11-15-33(31)23-43(39)57-27-30(2)28-58-44-24-34-16-12-10-14-32(34)22-40(44)48(56)52-42-26-38(50(6,7)8)20-36(18-29)46(42)54/h9-16,19-26,53-54H,1-2,17-18,27-28H2,3-8H3,(H,51,55)(H,52,56). The van der Waals surface area contributed by atoms with Crippen LogP contribution in [0.15, 0.2) is 121 Å². The first-order valence-electron chi connectivity index (χ1n) is 19.4. The fraction of sp³-hybridized carbons (Fsp3) is 0.240. The molecule has 0 fully saturated rings. The van der Waals surface area contributed by atoms with Gasteiger partial charge in [-0.15, -0.1) is 0 Å². The lowest BCUT2D eigenvalue weighted by Crippen LogP contribution is -2.18. The SMILES string of the molecule is C=C1COc2cc3ccccc3cc2C(=O)Nc2cc(C(C)(C)C)cc(c2O)CC(=C)Cc2cc(C(C)(C)C)cc(c2O)NC(=O)c2cc3ccccc3cc2OC1. The van der Waals surface area contributed by atoms with E-state index in [1.54, 1.807) is 24.3 Å². The van der Waals surface area contributed by atoms with Crippen molar-refractivity contribution in [3.63, 3.8) is 0 Å². The number of nitrogens with one attached hydrogen (secondary N) is 2. The van der Waals surface area contributed by atoms with Crippen LogP contribution in [0, 0.1) is 0 Å². The third-order valence-corrected chi connectivity index (χ3v) is 10.5. The van der Waals surface area contributed by atoms with Crippen LogP contribution in [-0.2, 0) is 23.7 Å². The monoisotopic (exact) mass is 774 g/mol. The van der Waals surface area contributed by atoms with E-state index in [2.05, 4.69) is 65.3 Å². The highest BCUT2D eigenvalue weighted by Crippen LogP contribution is 2.40. The van der Waals surface area contributed by atoms with Crippen molar-refractivity contribution in [2.24, 2.45) is 0 Å². The summed E-state index contributed by atoms with van der Waals surface area (Å²) in [6.07, 6.45) is 0.507. The molecule has 4 bridgehead atoms. The molecule has 6 aromatic rings. The van der Waals surface area contributed by atoms with Crippen molar-refractivity contribution in [1.82, 2.24) is 0 Å². The summed E-state index contributed by atoms with van der Waals surface area (Å²) in [6.45, 7) is 21.0.